The fraction of sp³-hybridized carbons (Fsp3) is 0.615. The van der Waals surface area contributed by atoms with Gasteiger partial charge in [0.1, 0.15) is 12.2 Å². The summed E-state index contributed by atoms with van der Waals surface area (Å²) in [6.07, 6.45) is 4.23. The number of nitrogens with one attached hydrogen (secondary N) is 1. The molecule has 0 aliphatic heterocycles. The molecule has 0 saturated carbocycles. The van der Waals surface area contributed by atoms with Crippen molar-refractivity contribution in [2.24, 2.45) is 19.9 Å². The van der Waals surface area contributed by atoms with Crippen LogP contribution in [0.1, 0.15) is 29.2 Å². The van der Waals surface area contributed by atoms with Crippen LogP contribution in [-0.4, -0.2) is 30.6 Å². The molecule has 110 valence electrons. The number of aromatic nitrogens is 5. The Hall–Kier alpha value is -1.73. The Morgan fingerprint density at radius 3 is 2.55 bits per heavy atom. The zero-order valence-corrected chi connectivity index (χ0v) is 12.6. The predicted octanol–water partition coefficient (Wildman–Crippen LogP) is 0.173. The number of rotatable bonds is 6. The molecule has 0 spiro atoms. The van der Waals surface area contributed by atoms with Gasteiger partial charge in [0, 0.05) is 32.3 Å². The number of hydrazine groups is 1. The van der Waals surface area contributed by atoms with Gasteiger partial charge in [-0.2, -0.15) is 10.2 Å². The first-order chi connectivity index (χ1) is 9.52. The molecule has 7 nitrogen and oxygen atoms in total. The van der Waals surface area contributed by atoms with Crippen LogP contribution >= 0.6 is 0 Å². The van der Waals surface area contributed by atoms with Crippen LogP contribution in [-0.2, 0) is 26.9 Å². The zero-order chi connectivity index (χ0) is 14.7. The van der Waals surface area contributed by atoms with Gasteiger partial charge in [-0.3, -0.25) is 20.6 Å². The molecular formula is C13H23N7. The molecule has 0 aliphatic rings. The fourth-order valence-corrected chi connectivity index (χ4v) is 2.47. The Bertz CT molecular complexity index is 569. The van der Waals surface area contributed by atoms with Gasteiger partial charge in [0.15, 0.2) is 0 Å². The molecule has 0 amide bonds. The highest BCUT2D eigenvalue weighted by Crippen LogP contribution is 2.15. The molecule has 2 aromatic rings. The summed E-state index contributed by atoms with van der Waals surface area (Å²) < 4.78 is 3.71. The van der Waals surface area contributed by atoms with Crippen LogP contribution in [0.5, 0.6) is 0 Å². The van der Waals surface area contributed by atoms with E-state index in [4.69, 9.17) is 5.84 Å². The van der Waals surface area contributed by atoms with Crippen molar-refractivity contribution in [2.45, 2.75) is 39.2 Å². The molecule has 2 rings (SSSR count). The molecule has 1 atom stereocenters. The topological polar surface area (TPSA) is 86.6 Å². The zero-order valence-electron chi connectivity index (χ0n) is 12.6. The molecule has 3 N–H and O–H groups in total. The number of nitrogens with zero attached hydrogens (tertiary/aromatic N) is 5. The second kappa shape index (κ2) is 6.15. The van der Waals surface area contributed by atoms with Crippen LogP contribution in [0.4, 0.5) is 0 Å². The van der Waals surface area contributed by atoms with E-state index in [1.807, 2.05) is 18.8 Å². The van der Waals surface area contributed by atoms with Gasteiger partial charge in [-0.15, -0.1) is 0 Å². The van der Waals surface area contributed by atoms with E-state index in [2.05, 4.69) is 34.5 Å². The SMILES string of the molecule is Cc1nn(C)c(C)c1CCC(Cc1ncnn1C)NN. The lowest BCUT2D eigenvalue weighted by molar-refractivity contribution is 0.472. The molecule has 2 aromatic heterocycles. The summed E-state index contributed by atoms with van der Waals surface area (Å²) in [4.78, 5) is 4.24. The summed E-state index contributed by atoms with van der Waals surface area (Å²) in [5.41, 5.74) is 6.50. The maximum absolute atomic E-state index is 5.66. The Kier molecular flexibility index (Phi) is 4.51. The summed E-state index contributed by atoms with van der Waals surface area (Å²) in [6.45, 7) is 4.15. The second-order valence-corrected chi connectivity index (χ2v) is 5.18. The summed E-state index contributed by atoms with van der Waals surface area (Å²) >= 11 is 0. The van der Waals surface area contributed by atoms with E-state index in [1.165, 1.54) is 11.3 Å². The van der Waals surface area contributed by atoms with E-state index in [0.29, 0.717) is 0 Å². The normalized spacial score (nSPS) is 12.8. The van der Waals surface area contributed by atoms with Crippen LogP contribution in [0.15, 0.2) is 6.33 Å². The van der Waals surface area contributed by atoms with Crippen LogP contribution in [0, 0.1) is 13.8 Å². The van der Waals surface area contributed by atoms with Crippen molar-refractivity contribution in [3.63, 3.8) is 0 Å². The highest BCUT2D eigenvalue weighted by Gasteiger charge is 2.15. The third-order valence-electron chi connectivity index (χ3n) is 3.87. The summed E-state index contributed by atoms with van der Waals surface area (Å²) in [6, 6.07) is 0.178. The van der Waals surface area contributed by atoms with Crippen LogP contribution in [0.3, 0.4) is 0 Å². The van der Waals surface area contributed by atoms with Crippen LogP contribution < -0.4 is 11.3 Å². The van der Waals surface area contributed by atoms with Crippen molar-refractivity contribution in [3.05, 3.63) is 29.1 Å². The third-order valence-corrected chi connectivity index (χ3v) is 3.87. The van der Waals surface area contributed by atoms with E-state index in [0.717, 1.165) is 30.8 Å². The summed E-state index contributed by atoms with van der Waals surface area (Å²) in [5, 5.41) is 8.52. The van der Waals surface area contributed by atoms with Crippen molar-refractivity contribution < 1.29 is 0 Å². The molecule has 7 heteroatoms. The second-order valence-electron chi connectivity index (χ2n) is 5.18. The van der Waals surface area contributed by atoms with Crippen molar-refractivity contribution in [1.82, 2.24) is 30.0 Å². The van der Waals surface area contributed by atoms with E-state index in [9.17, 15) is 0 Å². The lowest BCUT2D eigenvalue weighted by atomic mass is 10.0. The standard InChI is InChI=1S/C13H23N7/c1-9-12(10(2)19(3)18-9)6-5-11(17-14)7-13-15-8-16-20(13)4/h8,11,17H,5-7,14H2,1-4H3. The van der Waals surface area contributed by atoms with E-state index in [-0.39, 0.29) is 6.04 Å². The van der Waals surface area contributed by atoms with Crippen LogP contribution in [0.2, 0.25) is 0 Å². The molecule has 0 aliphatic carbocycles. The highest BCUT2D eigenvalue weighted by molar-refractivity contribution is 5.24. The minimum absolute atomic E-state index is 0.178. The molecule has 0 bridgehead atoms. The van der Waals surface area contributed by atoms with Crippen molar-refractivity contribution in [3.8, 4) is 0 Å². The first-order valence-electron chi connectivity index (χ1n) is 6.81. The number of hydrogen-bond donors (Lipinski definition) is 2. The largest absolute Gasteiger partial charge is 0.272 e. The van der Waals surface area contributed by atoms with Crippen LogP contribution in [0.25, 0.3) is 0 Å². The Balaban J connectivity index is 1.99. The van der Waals surface area contributed by atoms with E-state index < -0.39 is 0 Å². The van der Waals surface area contributed by atoms with E-state index in [1.54, 1.807) is 11.0 Å². The van der Waals surface area contributed by atoms with Gasteiger partial charge in [-0.1, -0.05) is 0 Å². The number of hydrogen-bond acceptors (Lipinski definition) is 5. The first kappa shape index (κ1) is 14.7. The first-order valence-corrected chi connectivity index (χ1v) is 6.81. The quantitative estimate of drug-likeness (QED) is 0.581. The minimum atomic E-state index is 0.178. The average molecular weight is 277 g/mol. The van der Waals surface area contributed by atoms with Gasteiger partial charge in [-0.05, 0) is 32.3 Å². The van der Waals surface area contributed by atoms with Gasteiger partial charge >= 0.3 is 0 Å². The number of nitrogens with two attached hydrogens (primary N) is 1. The molecule has 2 heterocycles. The van der Waals surface area contributed by atoms with Gasteiger partial charge in [0.25, 0.3) is 0 Å². The highest BCUT2D eigenvalue weighted by atomic mass is 15.3. The van der Waals surface area contributed by atoms with Gasteiger partial charge in [0.05, 0.1) is 5.69 Å². The monoisotopic (exact) mass is 277 g/mol. The summed E-state index contributed by atoms with van der Waals surface area (Å²) in [5.74, 6) is 6.59. The smallest absolute Gasteiger partial charge is 0.138 e. The number of aryl methyl sites for hydroxylation is 3. The molecule has 0 fully saturated rings. The van der Waals surface area contributed by atoms with Crippen molar-refractivity contribution >= 4 is 0 Å². The lowest BCUT2D eigenvalue weighted by Crippen LogP contribution is -2.37. The van der Waals surface area contributed by atoms with Gasteiger partial charge in [-0.25, -0.2) is 4.98 Å². The molecule has 1 unspecified atom stereocenters. The maximum atomic E-state index is 5.66. The van der Waals surface area contributed by atoms with Gasteiger partial charge < -0.3 is 0 Å². The fourth-order valence-electron chi connectivity index (χ4n) is 2.47. The molecular weight excluding hydrogens is 254 g/mol. The predicted molar refractivity (Wildman–Crippen MR) is 76.8 cm³/mol. The maximum Gasteiger partial charge on any atom is 0.138 e. The van der Waals surface area contributed by atoms with Gasteiger partial charge in [0.2, 0.25) is 0 Å². The Morgan fingerprint density at radius 2 is 2.05 bits per heavy atom. The molecule has 0 radical (unpaired) electrons. The summed E-state index contributed by atoms with van der Waals surface area (Å²) in [7, 11) is 3.87. The van der Waals surface area contributed by atoms with E-state index >= 15 is 0 Å². The molecule has 0 aromatic carbocycles. The third kappa shape index (κ3) is 3.05. The Morgan fingerprint density at radius 1 is 1.30 bits per heavy atom. The Labute approximate surface area is 119 Å². The van der Waals surface area contributed by atoms with Crippen molar-refractivity contribution in [1.29, 1.82) is 0 Å². The molecule has 20 heavy (non-hydrogen) atoms. The lowest BCUT2D eigenvalue weighted by Gasteiger charge is -2.15. The average Bonchev–Trinajstić information content (AvgIpc) is 2.91. The molecule has 0 saturated heterocycles. The minimum Gasteiger partial charge on any atom is -0.272 e. The van der Waals surface area contributed by atoms with Crippen molar-refractivity contribution in [2.75, 3.05) is 0 Å².